The zero-order valence-electron chi connectivity index (χ0n) is 18.3. The van der Waals surface area contributed by atoms with Crippen LogP contribution in [0.3, 0.4) is 0 Å². The standard InChI is InChI=1S/C27H22N2O2S2/c1-18-13-14-19(2)28(18)29-26(30)25(33-27(29)32)16-20-7-5-11-23(15-20)31-17-22-10-6-9-21-8-3-4-12-24(21)22/h3-16H,17H2,1-2H3/b25-16+. The molecular weight excluding hydrogens is 448 g/mol. The molecule has 2 heterocycles. The summed E-state index contributed by atoms with van der Waals surface area (Å²) in [5, 5.41) is 3.95. The minimum Gasteiger partial charge on any atom is -0.489 e. The van der Waals surface area contributed by atoms with E-state index in [1.54, 1.807) is 5.01 Å². The van der Waals surface area contributed by atoms with E-state index in [0.717, 1.165) is 28.3 Å². The lowest BCUT2D eigenvalue weighted by atomic mass is 10.1. The highest BCUT2D eigenvalue weighted by atomic mass is 32.2. The Labute approximate surface area is 202 Å². The molecule has 0 N–H and O–H groups in total. The second-order valence-electron chi connectivity index (χ2n) is 7.92. The molecule has 0 spiro atoms. The summed E-state index contributed by atoms with van der Waals surface area (Å²) in [6.45, 7) is 4.40. The van der Waals surface area contributed by atoms with E-state index in [2.05, 4.69) is 24.3 Å². The molecule has 1 aliphatic rings. The fraction of sp³-hybridized carbons (Fsp3) is 0.111. The van der Waals surface area contributed by atoms with Crippen molar-refractivity contribution in [1.29, 1.82) is 0 Å². The summed E-state index contributed by atoms with van der Waals surface area (Å²) in [7, 11) is 0. The van der Waals surface area contributed by atoms with Crippen molar-refractivity contribution in [2.75, 3.05) is 5.01 Å². The molecular formula is C27H22N2O2S2. The van der Waals surface area contributed by atoms with E-state index in [-0.39, 0.29) is 5.91 Å². The van der Waals surface area contributed by atoms with Gasteiger partial charge in [-0.05, 0) is 78.3 Å². The summed E-state index contributed by atoms with van der Waals surface area (Å²) in [6, 6.07) is 26.3. The van der Waals surface area contributed by atoms with Gasteiger partial charge in [-0.25, -0.2) is 0 Å². The number of hydrogen-bond donors (Lipinski definition) is 0. The Balaban J connectivity index is 1.36. The van der Waals surface area contributed by atoms with Crippen LogP contribution < -0.4 is 9.75 Å². The number of amides is 1. The van der Waals surface area contributed by atoms with Gasteiger partial charge in [-0.3, -0.25) is 9.47 Å². The first kappa shape index (κ1) is 21.5. The number of aromatic nitrogens is 1. The van der Waals surface area contributed by atoms with Crippen molar-refractivity contribution in [2.45, 2.75) is 20.5 Å². The highest BCUT2D eigenvalue weighted by Crippen LogP contribution is 2.33. The SMILES string of the molecule is Cc1ccc(C)n1N1C(=O)/C(=C\c2cccc(OCc3cccc4ccccc34)c2)SC1=S. The van der Waals surface area contributed by atoms with Gasteiger partial charge in [0.25, 0.3) is 5.91 Å². The second kappa shape index (κ2) is 8.89. The van der Waals surface area contributed by atoms with Crippen molar-refractivity contribution in [1.82, 2.24) is 4.68 Å². The van der Waals surface area contributed by atoms with Gasteiger partial charge in [-0.15, -0.1) is 0 Å². The molecule has 1 aliphatic heterocycles. The van der Waals surface area contributed by atoms with Crippen molar-refractivity contribution in [2.24, 2.45) is 0 Å². The highest BCUT2D eigenvalue weighted by Gasteiger charge is 2.34. The molecule has 0 bridgehead atoms. The van der Waals surface area contributed by atoms with Gasteiger partial charge >= 0.3 is 0 Å². The van der Waals surface area contributed by atoms with Gasteiger partial charge in [0.1, 0.15) is 12.4 Å². The van der Waals surface area contributed by atoms with Crippen molar-refractivity contribution in [3.05, 3.63) is 106 Å². The highest BCUT2D eigenvalue weighted by molar-refractivity contribution is 8.27. The summed E-state index contributed by atoms with van der Waals surface area (Å²) in [5.41, 5.74) is 3.96. The molecule has 0 radical (unpaired) electrons. The maximum atomic E-state index is 13.1. The molecule has 0 aliphatic carbocycles. The molecule has 1 fully saturated rings. The fourth-order valence-electron chi connectivity index (χ4n) is 4.03. The van der Waals surface area contributed by atoms with Crippen molar-refractivity contribution in [3.8, 4) is 5.75 Å². The van der Waals surface area contributed by atoms with E-state index in [4.69, 9.17) is 17.0 Å². The van der Waals surface area contributed by atoms with E-state index >= 15 is 0 Å². The third-order valence-corrected chi connectivity index (χ3v) is 6.92. The van der Waals surface area contributed by atoms with Crippen LogP contribution in [0.1, 0.15) is 22.5 Å². The molecule has 33 heavy (non-hydrogen) atoms. The molecule has 4 nitrogen and oxygen atoms in total. The number of fused-ring (bicyclic) bond motifs is 1. The Morgan fingerprint density at radius 3 is 2.48 bits per heavy atom. The maximum absolute atomic E-state index is 13.1. The number of nitrogens with zero attached hydrogens (tertiary/aromatic N) is 2. The van der Waals surface area contributed by atoms with Crippen LogP contribution in [0.2, 0.25) is 0 Å². The topological polar surface area (TPSA) is 34.5 Å². The third-order valence-electron chi connectivity index (χ3n) is 5.64. The first-order chi connectivity index (χ1) is 16.0. The first-order valence-electron chi connectivity index (χ1n) is 10.6. The van der Waals surface area contributed by atoms with Gasteiger partial charge in [0.05, 0.1) is 4.91 Å². The van der Waals surface area contributed by atoms with Crippen LogP contribution in [0.4, 0.5) is 0 Å². The van der Waals surface area contributed by atoms with Crippen molar-refractivity contribution < 1.29 is 9.53 Å². The van der Waals surface area contributed by atoms with Crippen LogP contribution >= 0.6 is 24.0 Å². The summed E-state index contributed by atoms with van der Waals surface area (Å²) in [5.74, 6) is 0.638. The van der Waals surface area contributed by atoms with E-state index < -0.39 is 0 Å². The number of benzene rings is 3. The van der Waals surface area contributed by atoms with Crippen LogP contribution in [0.15, 0.2) is 83.8 Å². The molecule has 1 aromatic heterocycles. The van der Waals surface area contributed by atoms with E-state index in [1.165, 1.54) is 22.5 Å². The number of carbonyl (C=O) groups is 1. The predicted molar refractivity (Wildman–Crippen MR) is 140 cm³/mol. The smallest absolute Gasteiger partial charge is 0.285 e. The number of thiocarbonyl (C=S) groups is 1. The zero-order valence-corrected chi connectivity index (χ0v) is 20.0. The lowest BCUT2D eigenvalue weighted by molar-refractivity contribution is -0.114. The van der Waals surface area contributed by atoms with Crippen molar-refractivity contribution in [3.63, 3.8) is 0 Å². The summed E-state index contributed by atoms with van der Waals surface area (Å²) >= 11 is 6.84. The van der Waals surface area contributed by atoms with Crippen molar-refractivity contribution >= 4 is 51.1 Å². The minimum absolute atomic E-state index is 0.116. The van der Waals surface area contributed by atoms with Crippen LogP contribution in [0, 0.1) is 13.8 Å². The summed E-state index contributed by atoms with van der Waals surface area (Å²) < 4.78 is 8.49. The molecule has 0 unspecified atom stereocenters. The Kier molecular flexibility index (Phi) is 5.79. The van der Waals surface area contributed by atoms with E-state index in [0.29, 0.717) is 15.8 Å². The quantitative estimate of drug-likeness (QED) is 0.251. The molecule has 5 rings (SSSR count). The lowest BCUT2D eigenvalue weighted by Gasteiger charge is -2.20. The molecule has 1 saturated heterocycles. The van der Waals surface area contributed by atoms with Gasteiger partial charge in [-0.1, -0.05) is 66.4 Å². The van der Waals surface area contributed by atoms with Gasteiger partial charge in [-0.2, -0.15) is 5.01 Å². The second-order valence-corrected chi connectivity index (χ2v) is 9.60. The monoisotopic (exact) mass is 470 g/mol. The number of hydrogen-bond acceptors (Lipinski definition) is 4. The molecule has 6 heteroatoms. The number of aryl methyl sites for hydroxylation is 2. The third kappa shape index (κ3) is 4.19. The van der Waals surface area contributed by atoms with Crippen LogP contribution in [-0.4, -0.2) is 14.9 Å². The lowest BCUT2D eigenvalue weighted by Crippen LogP contribution is -2.39. The normalized spacial score (nSPS) is 15.1. The molecule has 4 aromatic rings. The number of rotatable bonds is 5. The summed E-state index contributed by atoms with van der Waals surface area (Å²) in [4.78, 5) is 13.7. The van der Waals surface area contributed by atoms with Gasteiger partial charge in [0.2, 0.25) is 0 Å². The minimum atomic E-state index is -0.116. The molecule has 164 valence electrons. The van der Waals surface area contributed by atoms with Gasteiger partial charge in [0, 0.05) is 11.4 Å². The number of carbonyl (C=O) groups excluding carboxylic acids is 1. The number of ether oxygens (including phenoxy) is 1. The average Bonchev–Trinajstić information content (AvgIpc) is 3.29. The molecule has 0 saturated carbocycles. The van der Waals surface area contributed by atoms with E-state index in [9.17, 15) is 4.79 Å². The fourth-order valence-corrected chi connectivity index (χ4v) is 5.27. The van der Waals surface area contributed by atoms with Crippen LogP contribution in [0.5, 0.6) is 5.75 Å². The van der Waals surface area contributed by atoms with E-state index in [1.807, 2.05) is 79.2 Å². The van der Waals surface area contributed by atoms with Crippen LogP contribution in [-0.2, 0) is 11.4 Å². The first-order valence-corrected chi connectivity index (χ1v) is 11.9. The molecule has 0 atom stereocenters. The molecule has 1 amide bonds. The van der Waals surface area contributed by atoms with Gasteiger partial charge < -0.3 is 4.74 Å². The predicted octanol–water partition coefficient (Wildman–Crippen LogP) is 6.37. The maximum Gasteiger partial charge on any atom is 0.285 e. The Bertz CT molecular complexity index is 1400. The van der Waals surface area contributed by atoms with Gasteiger partial charge in [0.15, 0.2) is 4.32 Å². The average molecular weight is 471 g/mol. The largest absolute Gasteiger partial charge is 0.489 e. The zero-order chi connectivity index (χ0) is 22.9. The number of thioether (sulfide) groups is 1. The Morgan fingerprint density at radius 1 is 0.939 bits per heavy atom. The summed E-state index contributed by atoms with van der Waals surface area (Å²) in [6.07, 6.45) is 1.87. The molecule has 3 aromatic carbocycles. The van der Waals surface area contributed by atoms with Crippen LogP contribution in [0.25, 0.3) is 16.8 Å². The Morgan fingerprint density at radius 2 is 1.67 bits per heavy atom. The Hall–Kier alpha value is -3.35.